The van der Waals surface area contributed by atoms with Crippen molar-refractivity contribution in [3.8, 4) is 5.88 Å². The summed E-state index contributed by atoms with van der Waals surface area (Å²) in [6, 6.07) is 16.6. The van der Waals surface area contributed by atoms with Crippen LogP contribution in [0.1, 0.15) is 21.5 Å². The van der Waals surface area contributed by atoms with Crippen LogP contribution in [0.15, 0.2) is 70.8 Å². The van der Waals surface area contributed by atoms with Gasteiger partial charge in [0.1, 0.15) is 22.8 Å². The number of amides is 1. The summed E-state index contributed by atoms with van der Waals surface area (Å²) in [5.41, 5.74) is 1.38. The van der Waals surface area contributed by atoms with Gasteiger partial charge in [0.2, 0.25) is 5.88 Å². The Bertz CT molecular complexity index is 1140. The fraction of sp³-hybridized carbons (Fsp3) is 0.174. The van der Waals surface area contributed by atoms with Crippen LogP contribution in [0.3, 0.4) is 0 Å². The first-order chi connectivity index (χ1) is 15.5. The molecule has 0 atom stereocenters. The van der Waals surface area contributed by atoms with Crippen LogP contribution in [-0.4, -0.2) is 40.9 Å². The van der Waals surface area contributed by atoms with E-state index in [1.54, 1.807) is 43.0 Å². The third-order valence-corrected chi connectivity index (χ3v) is 5.68. The number of benzene rings is 2. The van der Waals surface area contributed by atoms with Crippen molar-refractivity contribution in [1.82, 2.24) is 15.1 Å². The first kappa shape index (κ1) is 23.0. The Kier molecular flexibility index (Phi) is 7.56. The SMILES string of the molecule is CNC(=O)c1c(OCc2ccccc2C(=COC)C(=O)O)nn(C)c1Sc1ccccc1. The molecule has 0 aliphatic rings. The predicted molar refractivity (Wildman–Crippen MR) is 121 cm³/mol. The Hall–Kier alpha value is -3.72. The molecule has 166 valence electrons. The van der Waals surface area contributed by atoms with Gasteiger partial charge in [0.15, 0.2) is 0 Å². The highest BCUT2D eigenvalue weighted by Crippen LogP contribution is 2.35. The molecule has 0 spiro atoms. The Morgan fingerprint density at radius 3 is 2.50 bits per heavy atom. The molecule has 9 heteroatoms. The van der Waals surface area contributed by atoms with Gasteiger partial charge in [-0.2, -0.15) is 0 Å². The number of carbonyl (C=O) groups excluding carboxylic acids is 1. The van der Waals surface area contributed by atoms with E-state index >= 15 is 0 Å². The number of hydrogen-bond donors (Lipinski definition) is 2. The van der Waals surface area contributed by atoms with Gasteiger partial charge in [0.05, 0.1) is 13.4 Å². The van der Waals surface area contributed by atoms with E-state index in [0.717, 1.165) is 4.90 Å². The number of ether oxygens (including phenoxy) is 2. The van der Waals surface area contributed by atoms with E-state index in [-0.39, 0.29) is 24.0 Å². The monoisotopic (exact) mass is 453 g/mol. The molecule has 1 heterocycles. The first-order valence-electron chi connectivity index (χ1n) is 9.65. The number of carboxylic acid groups (broad SMARTS) is 1. The van der Waals surface area contributed by atoms with Crippen LogP contribution < -0.4 is 10.1 Å². The van der Waals surface area contributed by atoms with E-state index in [4.69, 9.17) is 9.47 Å². The van der Waals surface area contributed by atoms with Gasteiger partial charge in [-0.3, -0.25) is 9.48 Å². The molecule has 1 aromatic heterocycles. The summed E-state index contributed by atoms with van der Waals surface area (Å²) >= 11 is 1.40. The van der Waals surface area contributed by atoms with Gasteiger partial charge in [0, 0.05) is 19.0 Å². The van der Waals surface area contributed by atoms with Crippen molar-refractivity contribution in [3.63, 3.8) is 0 Å². The van der Waals surface area contributed by atoms with Gasteiger partial charge in [-0.05, 0) is 23.3 Å². The van der Waals surface area contributed by atoms with Crippen molar-refractivity contribution in [3.05, 3.63) is 77.5 Å². The number of nitrogens with zero attached hydrogens (tertiary/aromatic N) is 2. The zero-order valence-electron chi connectivity index (χ0n) is 17.9. The number of rotatable bonds is 9. The van der Waals surface area contributed by atoms with Gasteiger partial charge in [0.25, 0.3) is 5.91 Å². The van der Waals surface area contributed by atoms with E-state index in [1.807, 2.05) is 30.3 Å². The van der Waals surface area contributed by atoms with Crippen molar-refractivity contribution in [1.29, 1.82) is 0 Å². The summed E-state index contributed by atoms with van der Waals surface area (Å²) in [4.78, 5) is 25.3. The van der Waals surface area contributed by atoms with Crippen LogP contribution in [0.2, 0.25) is 0 Å². The van der Waals surface area contributed by atoms with E-state index in [0.29, 0.717) is 21.7 Å². The summed E-state index contributed by atoms with van der Waals surface area (Å²) < 4.78 is 12.4. The van der Waals surface area contributed by atoms with E-state index in [2.05, 4.69) is 10.4 Å². The molecular weight excluding hydrogens is 430 g/mol. The first-order valence-corrected chi connectivity index (χ1v) is 10.5. The Labute approximate surface area is 189 Å². The molecule has 0 aliphatic heterocycles. The van der Waals surface area contributed by atoms with Crippen molar-refractivity contribution in [2.45, 2.75) is 16.5 Å². The van der Waals surface area contributed by atoms with Gasteiger partial charge in [-0.25, -0.2) is 4.79 Å². The highest BCUT2D eigenvalue weighted by atomic mass is 32.2. The molecule has 2 N–H and O–H groups in total. The fourth-order valence-electron chi connectivity index (χ4n) is 3.02. The molecule has 0 fully saturated rings. The largest absolute Gasteiger partial charge is 0.503 e. The number of hydrogen-bond acceptors (Lipinski definition) is 6. The van der Waals surface area contributed by atoms with Gasteiger partial charge in [-0.1, -0.05) is 54.2 Å². The van der Waals surface area contributed by atoms with E-state index < -0.39 is 5.97 Å². The summed E-state index contributed by atoms with van der Waals surface area (Å²) in [5, 5.41) is 17.2. The van der Waals surface area contributed by atoms with Crippen molar-refractivity contribution in [2.75, 3.05) is 14.2 Å². The predicted octanol–water partition coefficient (Wildman–Crippen LogP) is 3.58. The second-order valence-electron chi connectivity index (χ2n) is 6.62. The molecule has 3 rings (SSSR count). The molecule has 0 bridgehead atoms. The number of nitrogens with one attached hydrogen (secondary N) is 1. The van der Waals surface area contributed by atoms with Crippen LogP contribution in [0.25, 0.3) is 5.57 Å². The molecule has 8 nitrogen and oxygen atoms in total. The number of carbonyl (C=O) groups is 2. The zero-order chi connectivity index (χ0) is 23.1. The lowest BCUT2D eigenvalue weighted by atomic mass is 10.0. The number of aromatic nitrogens is 2. The van der Waals surface area contributed by atoms with Gasteiger partial charge >= 0.3 is 5.97 Å². The lowest BCUT2D eigenvalue weighted by Gasteiger charge is -2.11. The summed E-state index contributed by atoms with van der Waals surface area (Å²) in [7, 11) is 4.67. The lowest BCUT2D eigenvalue weighted by molar-refractivity contribution is -0.130. The van der Waals surface area contributed by atoms with E-state index in [1.165, 1.54) is 25.1 Å². The minimum absolute atomic E-state index is 0.000400. The highest BCUT2D eigenvalue weighted by molar-refractivity contribution is 7.99. The second kappa shape index (κ2) is 10.5. The number of aliphatic carboxylic acids is 1. The van der Waals surface area contributed by atoms with Gasteiger partial charge in [-0.15, -0.1) is 5.10 Å². The quantitative estimate of drug-likeness (QED) is 0.377. The molecule has 0 aliphatic carbocycles. The average Bonchev–Trinajstić information content (AvgIpc) is 3.11. The molecule has 3 aromatic rings. The number of aryl methyl sites for hydroxylation is 1. The molecule has 0 radical (unpaired) electrons. The minimum Gasteiger partial charge on any atom is -0.503 e. The zero-order valence-corrected chi connectivity index (χ0v) is 18.7. The molecule has 32 heavy (non-hydrogen) atoms. The lowest BCUT2D eigenvalue weighted by Crippen LogP contribution is -2.19. The van der Waals surface area contributed by atoms with Crippen molar-refractivity contribution < 1.29 is 24.2 Å². The Balaban J connectivity index is 1.94. The van der Waals surface area contributed by atoms with Crippen LogP contribution >= 0.6 is 11.8 Å². The molecular formula is C23H23N3O5S. The topological polar surface area (TPSA) is 103 Å². The third kappa shape index (κ3) is 5.12. The molecule has 2 aromatic carbocycles. The third-order valence-electron chi connectivity index (χ3n) is 4.51. The van der Waals surface area contributed by atoms with Crippen LogP contribution in [-0.2, 0) is 23.2 Å². The minimum atomic E-state index is -1.12. The summed E-state index contributed by atoms with van der Waals surface area (Å²) in [6.45, 7) is 0.0148. The maximum absolute atomic E-state index is 12.7. The van der Waals surface area contributed by atoms with E-state index in [9.17, 15) is 14.7 Å². The molecule has 0 saturated heterocycles. The number of methoxy groups -OCH3 is 1. The van der Waals surface area contributed by atoms with Crippen LogP contribution in [0, 0.1) is 0 Å². The molecule has 0 saturated carbocycles. The van der Waals surface area contributed by atoms with Crippen LogP contribution in [0.5, 0.6) is 5.88 Å². The fourth-order valence-corrected chi connectivity index (χ4v) is 4.00. The number of carboxylic acids is 1. The highest BCUT2D eigenvalue weighted by Gasteiger charge is 2.25. The average molecular weight is 454 g/mol. The van der Waals surface area contributed by atoms with Crippen molar-refractivity contribution in [2.24, 2.45) is 7.05 Å². The Morgan fingerprint density at radius 2 is 1.84 bits per heavy atom. The summed E-state index contributed by atoms with van der Waals surface area (Å²) in [6.07, 6.45) is 1.17. The maximum Gasteiger partial charge on any atom is 0.339 e. The van der Waals surface area contributed by atoms with Crippen LogP contribution in [0.4, 0.5) is 0 Å². The van der Waals surface area contributed by atoms with Crippen molar-refractivity contribution >= 4 is 29.2 Å². The molecule has 0 unspecified atom stereocenters. The molecule has 1 amide bonds. The standard InChI is InChI=1S/C23H23N3O5S/c1-24-20(27)19-21(25-26(2)22(19)32-16-10-5-4-6-11-16)31-13-15-9-7-8-12-17(15)18(14-30-3)23(28)29/h4-12,14H,13H2,1-3H3,(H,24,27)(H,28,29). The second-order valence-corrected chi connectivity index (χ2v) is 7.68. The normalized spacial score (nSPS) is 11.2. The maximum atomic E-state index is 12.7. The van der Waals surface area contributed by atoms with Gasteiger partial charge < -0.3 is 19.9 Å². The Morgan fingerprint density at radius 1 is 1.16 bits per heavy atom. The summed E-state index contributed by atoms with van der Waals surface area (Å²) in [5.74, 6) is -1.29. The smallest absolute Gasteiger partial charge is 0.339 e.